The van der Waals surface area contributed by atoms with Crippen molar-refractivity contribution in [1.29, 1.82) is 0 Å². The Bertz CT molecular complexity index is 753. The zero-order valence-electron chi connectivity index (χ0n) is 13.1. The summed E-state index contributed by atoms with van der Waals surface area (Å²) < 4.78 is 39.5. The Hall–Kier alpha value is -2.64. The molecule has 0 bridgehead atoms. The number of benzene rings is 1. The number of hydrogen-bond donors (Lipinski definition) is 1. The first-order chi connectivity index (χ1) is 11.9. The van der Waals surface area contributed by atoms with Gasteiger partial charge in [0.25, 0.3) is 0 Å². The predicted molar refractivity (Wildman–Crippen MR) is 81.6 cm³/mol. The van der Waals surface area contributed by atoms with E-state index >= 15 is 0 Å². The summed E-state index contributed by atoms with van der Waals surface area (Å²) in [6.45, 7) is -0.137. The largest absolute Gasteiger partial charge is 0.323 e. The van der Waals surface area contributed by atoms with Crippen molar-refractivity contribution in [3.8, 4) is 0 Å². The van der Waals surface area contributed by atoms with Crippen molar-refractivity contribution in [2.75, 3.05) is 11.9 Å². The maximum Gasteiger partial charge on any atom is 0.233 e. The zero-order valence-corrected chi connectivity index (χ0v) is 13.1. The normalized spacial score (nSPS) is 22.3. The van der Waals surface area contributed by atoms with Crippen LogP contribution in [0.3, 0.4) is 0 Å². The molecule has 1 aromatic rings. The van der Waals surface area contributed by atoms with E-state index in [-0.39, 0.29) is 36.6 Å². The van der Waals surface area contributed by atoms with Crippen molar-refractivity contribution in [3.63, 3.8) is 0 Å². The minimum atomic E-state index is -1.68. The van der Waals surface area contributed by atoms with Gasteiger partial charge in [0.05, 0.1) is 17.5 Å². The molecule has 1 fully saturated rings. The molecular weight excluding hydrogens is 337 g/mol. The first-order valence-electron chi connectivity index (χ1n) is 7.83. The lowest BCUT2D eigenvalue weighted by molar-refractivity contribution is -0.140. The first kappa shape index (κ1) is 17.2. The number of carbonyl (C=O) groups excluding carboxylic acids is 3. The highest BCUT2D eigenvalue weighted by Gasteiger charge is 2.46. The van der Waals surface area contributed by atoms with Crippen LogP contribution in [0.1, 0.15) is 19.3 Å². The van der Waals surface area contributed by atoms with Crippen molar-refractivity contribution >= 4 is 23.4 Å². The summed E-state index contributed by atoms with van der Waals surface area (Å²) >= 11 is 0. The van der Waals surface area contributed by atoms with Gasteiger partial charge in [0.1, 0.15) is 0 Å². The fraction of sp³-hybridized carbons (Fsp3) is 0.353. The molecule has 1 N–H and O–H groups in total. The van der Waals surface area contributed by atoms with E-state index < -0.39 is 29.0 Å². The number of allylic oxidation sites excluding steroid dienone is 2. The number of amides is 3. The molecular formula is C17H15F3N2O3. The third kappa shape index (κ3) is 3.16. The molecule has 25 heavy (non-hydrogen) atoms. The Morgan fingerprint density at radius 3 is 2.24 bits per heavy atom. The van der Waals surface area contributed by atoms with Gasteiger partial charge in [-0.2, -0.15) is 0 Å². The highest BCUT2D eigenvalue weighted by atomic mass is 19.2. The number of likely N-dealkylation sites (tertiary alicyclic amines) is 1. The number of fused-ring (bicyclic) bond motifs is 1. The fourth-order valence-corrected chi connectivity index (χ4v) is 3.14. The van der Waals surface area contributed by atoms with Gasteiger partial charge in [-0.3, -0.25) is 19.3 Å². The monoisotopic (exact) mass is 352 g/mol. The molecule has 0 saturated carbocycles. The number of nitrogens with zero attached hydrogens (tertiary/aromatic N) is 1. The Labute approximate surface area is 141 Å². The molecule has 5 nitrogen and oxygen atoms in total. The van der Waals surface area contributed by atoms with Crippen LogP contribution in [-0.4, -0.2) is 29.2 Å². The molecule has 0 spiro atoms. The maximum atomic E-state index is 13.5. The molecule has 1 aromatic carbocycles. The third-order valence-corrected chi connectivity index (χ3v) is 4.47. The number of imide groups is 1. The standard InChI is InChI=1S/C17H15F3N2O3/c18-11-5-6-12(15(20)14(11)19)21-13(23)7-8-22-16(24)9-3-1-2-4-10(9)17(22)25/h1-2,5-6,9-10H,3-4,7-8H2,(H,21,23)/t9-,10+. The molecule has 1 saturated heterocycles. The molecule has 132 valence electrons. The van der Waals surface area contributed by atoms with E-state index in [1.54, 1.807) is 0 Å². The summed E-state index contributed by atoms with van der Waals surface area (Å²) in [5, 5.41) is 2.11. The zero-order chi connectivity index (χ0) is 18.1. The fourth-order valence-electron chi connectivity index (χ4n) is 3.14. The minimum absolute atomic E-state index is 0.137. The molecule has 2 aliphatic rings. The molecule has 0 unspecified atom stereocenters. The van der Waals surface area contributed by atoms with Crippen LogP contribution in [-0.2, 0) is 14.4 Å². The van der Waals surface area contributed by atoms with Gasteiger partial charge >= 0.3 is 0 Å². The Kier molecular flexibility index (Phi) is 4.61. The molecule has 3 amide bonds. The molecule has 8 heteroatoms. The summed E-state index contributed by atoms with van der Waals surface area (Å²) in [5.41, 5.74) is -0.499. The van der Waals surface area contributed by atoms with Crippen LogP contribution in [0.15, 0.2) is 24.3 Å². The number of hydrogen-bond acceptors (Lipinski definition) is 3. The van der Waals surface area contributed by atoms with E-state index in [0.29, 0.717) is 18.9 Å². The maximum absolute atomic E-state index is 13.5. The van der Waals surface area contributed by atoms with E-state index in [9.17, 15) is 27.6 Å². The summed E-state index contributed by atoms with van der Waals surface area (Å²) in [5.74, 6) is -6.65. The van der Waals surface area contributed by atoms with Crippen LogP contribution in [0, 0.1) is 29.3 Å². The highest BCUT2D eigenvalue weighted by molar-refractivity contribution is 6.05. The first-order valence-corrected chi connectivity index (χ1v) is 7.83. The van der Waals surface area contributed by atoms with Crippen LogP contribution in [0.25, 0.3) is 0 Å². The van der Waals surface area contributed by atoms with E-state index in [1.807, 2.05) is 12.2 Å². The summed E-state index contributed by atoms with van der Waals surface area (Å²) in [6.07, 6.45) is 4.45. The average Bonchev–Trinajstić information content (AvgIpc) is 2.85. The van der Waals surface area contributed by atoms with Crippen molar-refractivity contribution in [2.24, 2.45) is 11.8 Å². The van der Waals surface area contributed by atoms with E-state index in [4.69, 9.17) is 0 Å². The topological polar surface area (TPSA) is 66.5 Å². The second-order valence-corrected chi connectivity index (χ2v) is 6.00. The Morgan fingerprint density at radius 2 is 1.64 bits per heavy atom. The molecule has 1 heterocycles. The van der Waals surface area contributed by atoms with Gasteiger partial charge in [-0.15, -0.1) is 0 Å². The van der Waals surface area contributed by atoms with Crippen LogP contribution in [0.2, 0.25) is 0 Å². The van der Waals surface area contributed by atoms with Gasteiger partial charge < -0.3 is 5.32 Å². The molecule has 2 atom stereocenters. The van der Waals surface area contributed by atoms with E-state index in [0.717, 1.165) is 11.0 Å². The lowest BCUT2D eigenvalue weighted by atomic mass is 9.85. The lowest BCUT2D eigenvalue weighted by Crippen LogP contribution is -2.34. The van der Waals surface area contributed by atoms with Gasteiger partial charge in [-0.1, -0.05) is 12.2 Å². The number of nitrogens with one attached hydrogen (secondary N) is 1. The van der Waals surface area contributed by atoms with Crippen LogP contribution < -0.4 is 5.32 Å². The molecule has 1 aliphatic carbocycles. The quantitative estimate of drug-likeness (QED) is 0.514. The molecule has 3 rings (SSSR count). The Balaban J connectivity index is 1.61. The van der Waals surface area contributed by atoms with Crippen molar-refractivity contribution < 1.29 is 27.6 Å². The van der Waals surface area contributed by atoms with Crippen LogP contribution >= 0.6 is 0 Å². The van der Waals surface area contributed by atoms with Crippen molar-refractivity contribution in [2.45, 2.75) is 19.3 Å². The van der Waals surface area contributed by atoms with Gasteiger partial charge in [0, 0.05) is 13.0 Å². The number of halogens is 3. The second-order valence-electron chi connectivity index (χ2n) is 6.00. The van der Waals surface area contributed by atoms with Gasteiger partial charge in [-0.25, -0.2) is 13.2 Å². The number of rotatable bonds is 4. The average molecular weight is 352 g/mol. The third-order valence-electron chi connectivity index (χ3n) is 4.47. The van der Waals surface area contributed by atoms with Crippen LogP contribution in [0.5, 0.6) is 0 Å². The van der Waals surface area contributed by atoms with Crippen LogP contribution in [0.4, 0.5) is 18.9 Å². The minimum Gasteiger partial charge on any atom is -0.323 e. The second kappa shape index (κ2) is 6.70. The van der Waals surface area contributed by atoms with Crippen molar-refractivity contribution in [1.82, 2.24) is 4.90 Å². The summed E-state index contributed by atoms with van der Waals surface area (Å²) in [7, 11) is 0. The molecule has 0 radical (unpaired) electrons. The SMILES string of the molecule is O=C(CCN1C(=O)[C@H]2CC=CC[C@H]2C1=O)Nc1ccc(F)c(F)c1F. The van der Waals surface area contributed by atoms with E-state index in [1.165, 1.54) is 0 Å². The van der Waals surface area contributed by atoms with Gasteiger partial charge in [-0.05, 0) is 25.0 Å². The highest BCUT2D eigenvalue weighted by Crippen LogP contribution is 2.35. The molecule has 1 aliphatic heterocycles. The van der Waals surface area contributed by atoms with E-state index in [2.05, 4.69) is 5.32 Å². The smallest absolute Gasteiger partial charge is 0.233 e. The predicted octanol–water partition coefficient (Wildman–Crippen LogP) is 2.38. The number of carbonyl (C=O) groups is 3. The lowest BCUT2D eigenvalue weighted by Gasteiger charge is -2.14. The number of anilines is 1. The van der Waals surface area contributed by atoms with Crippen molar-refractivity contribution in [3.05, 3.63) is 41.7 Å². The summed E-state index contributed by atoms with van der Waals surface area (Å²) in [4.78, 5) is 37.4. The summed E-state index contributed by atoms with van der Waals surface area (Å²) in [6, 6.07) is 1.59. The Morgan fingerprint density at radius 1 is 1.04 bits per heavy atom. The molecule has 0 aromatic heterocycles. The van der Waals surface area contributed by atoms with Gasteiger partial charge in [0.15, 0.2) is 17.5 Å². The van der Waals surface area contributed by atoms with Gasteiger partial charge in [0.2, 0.25) is 17.7 Å².